The molecule has 0 saturated carbocycles. The van der Waals surface area contributed by atoms with E-state index in [0.717, 1.165) is 17.5 Å². The van der Waals surface area contributed by atoms with Crippen molar-refractivity contribution in [2.45, 2.75) is 32.3 Å². The van der Waals surface area contributed by atoms with Gasteiger partial charge in [0.1, 0.15) is 11.9 Å². The van der Waals surface area contributed by atoms with Crippen LogP contribution in [0, 0.1) is 0 Å². The van der Waals surface area contributed by atoms with Crippen molar-refractivity contribution in [1.29, 1.82) is 0 Å². The molecule has 0 amide bonds. The second-order valence-corrected chi connectivity index (χ2v) is 4.59. The maximum Gasteiger partial charge on any atom is 0.310 e. The maximum atomic E-state index is 10.9. The first-order valence-electron chi connectivity index (χ1n) is 5.21. The molecule has 0 saturated heterocycles. The Balaban J connectivity index is 2.42. The van der Waals surface area contributed by atoms with Gasteiger partial charge in [0.05, 0.1) is 10.9 Å². The summed E-state index contributed by atoms with van der Waals surface area (Å²) in [6.45, 7) is 3.62. The Morgan fingerprint density at radius 1 is 1.62 bits per heavy atom. The number of carboxylic acids is 1. The van der Waals surface area contributed by atoms with Crippen LogP contribution in [0.25, 0.3) is 0 Å². The standard InChI is InChI=1S/C12H13ClO3/c1-6-3-9-4-8(7(2)12(14)15)5-10(13)11(9)16-6/h4-7H,3H2,1-2H3,(H,14,15). The smallest absolute Gasteiger partial charge is 0.310 e. The molecule has 1 aliphatic rings. The van der Waals surface area contributed by atoms with Crippen molar-refractivity contribution in [2.75, 3.05) is 0 Å². The summed E-state index contributed by atoms with van der Waals surface area (Å²) in [5, 5.41) is 9.46. The molecule has 1 aromatic rings. The van der Waals surface area contributed by atoms with E-state index in [4.69, 9.17) is 21.4 Å². The molecule has 16 heavy (non-hydrogen) atoms. The van der Waals surface area contributed by atoms with Crippen LogP contribution in [0.4, 0.5) is 0 Å². The van der Waals surface area contributed by atoms with Gasteiger partial charge in [0.25, 0.3) is 0 Å². The van der Waals surface area contributed by atoms with Crippen LogP contribution in [0.1, 0.15) is 30.9 Å². The summed E-state index contributed by atoms with van der Waals surface area (Å²) in [6.07, 6.45) is 0.901. The van der Waals surface area contributed by atoms with Gasteiger partial charge in [-0.25, -0.2) is 0 Å². The van der Waals surface area contributed by atoms with Crippen molar-refractivity contribution in [3.8, 4) is 5.75 Å². The number of ether oxygens (including phenoxy) is 1. The fourth-order valence-corrected chi connectivity index (χ4v) is 2.19. The van der Waals surface area contributed by atoms with Crippen molar-refractivity contribution in [1.82, 2.24) is 0 Å². The highest BCUT2D eigenvalue weighted by molar-refractivity contribution is 6.32. The van der Waals surface area contributed by atoms with Gasteiger partial charge in [-0.1, -0.05) is 17.7 Å². The molecule has 1 aliphatic heterocycles. The van der Waals surface area contributed by atoms with E-state index >= 15 is 0 Å². The van der Waals surface area contributed by atoms with Gasteiger partial charge in [0.2, 0.25) is 0 Å². The van der Waals surface area contributed by atoms with Gasteiger partial charge in [-0.05, 0) is 31.0 Å². The van der Waals surface area contributed by atoms with E-state index in [-0.39, 0.29) is 6.10 Å². The molecule has 86 valence electrons. The third-order valence-corrected chi connectivity index (χ3v) is 3.12. The van der Waals surface area contributed by atoms with Crippen LogP contribution in [0.3, 0.4) is 0 Å². The van der Waals surface area contributed by atoms with Gasteiger partial charge in [-0.2, -0.15) is 0 Å². The van der Waals surface area contributed by atoms with Gasteiger partial charge in [-0.3, -0.25) is 4.79 Å². The van der Waals surface area contributed by atoms with E-state index in [1.54, 1.807) is 13.0 Å². The lowest BCUT2D eigenvalue weighted by molar-refractivity contribution is -0.138. The molecular formula is C12H13ClO3. The fraction of sp³-hybridized carbons (Fsp3) is 0.417. The number of hydrogen-bond acceptors (Lipinski definition) is 2. The molecule has 0 aromatic heterocycles. The predicted molar refractivity (Wildman–Crippen MR) is 61.3 cm³/mol. The third kappa shape index (κ3) is 1.87. The first-order valence-corrected chi connectivity index (χ1v) is 5.58. The summed E-state index contributed by atoms with van der Waals surface area (Å²) in [5.41, 5.74) is 1.73. The molecule has 0 bridgehead atoms. The highest BCUT2D eigenvalue weighted by atomic mass is 35.5. The number of carbonyl (C=O) groups is 1. The summed E-state index contributed by atoms with van der Waals surface area (Å²) in [6, 6.07) is 3.56. The van der Waals surface area contributed by atoms with Crippen molar-refractivity contribution < 1.29 is 14.6 Å². The van der Waals surface area contributed by atoms with Crippen molar-refractivity contribution in [3.05, 3.63) is 28.3 Å². The molecule has 2 unspecified atom stereocenters. The largest absolute Gasteiger partial charge is 0.489 e. The van der Waals surface area contributed by atoms with Gasteiger partial charge < -0.3 is 9.84 Å². The van der Waals surface area contributed by atoms with Crippen LogP contribution in [-0.4, -0.2) is 17.2 Å². The number of halogens is 1. The highest BCUT2D eigenvalue weighted by Crippen LogP contribution is 2.38. The Bertz CT molecular complexity index is 442. The van der Waals surface area contributed by atoms with Crippen LogP contribution >= 0.6 is 11.6 Å². The lowest BCUT2D eigenvalue weighted by Gasteiger charge is -2.10. The third-order valence-electron chi connectivity index (χ3n) is 2.84. The maximum absolute atomic E-state index is 10.9. The SMILES string of the molecule is CC1Cc2cc(C(C)C(=O)O)cc(Cl)c2O1. The lowest BCUT2D eigenvalue weighted by atomic mass is 9.98. The molecule has 1 N–H and O–H groups in total. The average Bonchev–Trinajstić information content (AvgIpc) is 2.57. The Labute approximate surface area is 99.0 Å². The lowest BCUT2D eigenvalue weighted by Crippen LogP contribution is -2.07. The molecule has 0 radical (unpaired) electrons. The molecule has 4 heteroatoms. The topological polar surface area (TPSA) is 46.5 Å². The average molecular weight is 241 g/mol. The van der Waals surface area contributed by atoms with Gasteiger partial charge in [-0.15, -0.1) is 0 Å². The number of hydrogen-bond donors (Lipinski definition) is 1. The Morgan fingerprint density at radius 2 is 2.31 bits per heavy atom. The van der Waals surface area contributed by atoms with Crippen molar-refractivity contribution in [2.24, 2.45) is 0 Å². The van der Waals surface area contributed by atoms with Crippen molar-refractivity contribution in [3.63, 3.8) is 0 Å². The van der Waals surface area contributed by atoms with E-state index in [1.165, 1.54) is 0 Å². The molecule has 0 spiro atoms. The molecular weight excluding hydrogens is 228 g/mol. The van der Waals surface area contributed by atoms with Crippen LogP contribution in [-0.2, 0) is 11.2 Å². The zero-order valence-electron chi connectivity index (χ0n) is 9.16. The molecule has 0 fully saturated rings. The number of aliphatic carboxylic acids is 1. The molecule has 2 atom stereocenters. The van der Waals surface area contributed by atoms with Crippen LogP contribution < -0.4 is 4.74 Å². The van der Waals surface area contributed by atoms with E-state index in [2.05, 4.69) is 0 Å². The minimum Gasteiger partial charge on any atom is -0.489 e. The molecule has 1 heterocycles. The molecule has 3 nitrogen and oxygen atoms in total. The molecule has 2 rings (SSSR count). The summed E-state index contributed by atoms with van der Waals surface area (Å²) < 4.78 is 5.55. The monoisotopic (exact) mass is 240 g/mol. The van der Waals surface area contributed by atoms with Crippen molar-refractivity contribution >= 4 is 17.6 Å². The zero-order valence-corrected chi connectivity index (χ0v) is 9.91. The number of rotatable bonds is 2. The quantitative estimate of drug-likeness (QED) is 0.865. The van der Waals surface area contributed by atoms with Gasteiger partial charge in [0.15, 0.2) is 0 Å². The zero-order chi connectivity index (χ0) is 11.9. The summed E-state index contributed by atoms with van der Waals surface area (Å²) in [4.78, 5) is 10.9. The Morgan fingerprint density at radius 3 is 2.94 bits per heavy atom. The van der Waals surface area contributed by atoms with Gasteiger partial charge >= 0.3 is 5.97 Å². The summed E-state index contributed by atoms with van der Waals surface area (Å²) in [5.74, 6) is -0.683. The first-order chi connectivity index (χ1) is 7.49. The number of fused-ring (bicyclic) bond motifs is 1. The second kappa shape index (κ2) is 3.98. The minimum atomic E-state index is -0.844. The molecule has 1 aromatic carbocycles. The van der Waals surface area contributed by atoms with E-state index in [9.17, 15) is 4.79 Å². The number of benzene rings is 1. The predicted octanol–water partition coefficient (Wildman–Crippen LogP) is 2.85. The minimum absolute atomic E-state index is 0.114. The van der Waals surface area contributed by atoms with E-state index in [0.29, 0.717) is 10.8 Å². The Hall–Kier alpha value is -1.22. The summed E-state index contributed by atoms with van der Waals surface area (Å²) in [7, 11) is 0. The summed E-state index contributed by atoms with van der Waals surface area (Å²) >= 11 is 6.07. The van der Waals surface area contributed by atoms with E-state index < -0.39 is 11.9 Å². The molecule has 0 aliphatic carbocycles. The van der Waals surface area contributed by atoms with Gasteiger partial charge in [0, 0.05) is 6.42 Å². The van der Waals surface area contributed by atoms with Crippen LogP contribution in [0.2, 0.25) is 5.02 Å². The fourth-order valence-electron chi connectivity index (χ4n) is 1.90. The van der Waals surface area contributed by atoms with E-state index in [1.807, 2.05) is 13.0 Å². The highest BCUT2D eigenvalue weighted by Gasteiger charge is 2.24. The first kappa shape index (κ1) is 11.3. The van der Waals surface area contributed by atoms with Crippen LogP contribution in [0.5, 0.6) is 5.75 Å². The number of carboxylic acid groups (broad SMARTS) is 1. The second-order valence-electron chi connectivity index (χ2n) is 4.18. The Kier molecular flexibility index (Phi) is 2.80. The normalized spacial score (nSPS) is 20.1. The van der Waals surface area contributed by atoms with Crippen LogP contribution in [0.15, 0.2) is 12.1 Å².